The van der Waals surface area contributed by atoms with Crippen molar-refractivity contribution in [3.05, 3.63) is 53.6 Å². The van der Waals surface area contributed by atoms with Crippen LogP contribution in [0.25, 0.3) is 0 Å². The maximum absolute atomic E-state index is 13.3. The van der Waals surface area contributed by atoms with Gasteiger partial charge in [0.15, 0.2) is 11.5 Å². The van der Waals surface area contributed by atoms with Crippen LogP contribution in [0.5, 0.6) is 11.5 Å². The standard InChI is InChI=1S/C19H20F4N2O3/c1-27-17-8-13(20)3-4-16(17)28-15-6-7-25(11-14(15)26)10-12-2-5-18(24-9-12)19(21,22)23/h2-5,8-9,14-15,26H,6-7,10-11H2,1H3/t14-,15-/m1/s1. The number of aliphatic hydroxyl groups excluding tert-OH is 1. The number of likely N-dealkylation sites (tertiary alicyclic amines) is 1. The molecule has 3 rings (SSSR count). The van der Waals surface area contributed by atoms with Crippen molar-refractivity contribution in [3.8, 4) is 11.5 Å². The molecular formula is C19H20F4N2O3. The van der Waals surface area contributed by atoms with Crippen LogP contribution in [0.15, 0.2) is 36.5 Å². The van der Waals surface area contributed by atoms with Gasteiger partial charge in [0.25, 0.3) is 0 Å². The molecule has 0 unspecified atom stereocenters. The summed E-state index contributed by atoms with van der Waals surface area (Å²) in [6, 6.07) is 6.23. The highest BCUT2D eigenvalue weighted by Gasteiger charge is 2.33. The van der Waals surface area contributed by atoms with Crippen molar-refractivity contribution in [3.63, 3.8) is 0 Å². The number of hydrogen-bond acceptors (Lipinski definition) is 5. The summed E-state index contributed by atoms with van der Waals surface area (Å²) in [6.45, 7) is 1.23. The summed E-state index contributed by atoms with van der Waals surface area (Å²) >= 11 is 0. The molecule has 0 saturated carbocycles. The number of hydrogen-bond donors (Lipinski definition) is 1. The maximum atomic E-state index is 13.3. The van der Waals surface area contributed by atoms with E-state index in [0.29, 0.717) is 30.8 Å². The SMILES string of the molecule is COc1cc(F)ccc1O[C@@H]1CCN(Cc2ccc(C(F)(F)F)nc2)C[C@H]1O. The first-order valence-corrected chi connectivity index (χ1v) is 8.69. The molecule has 0 amide bonds. The van der Waals surface area contributed by atoms with Crippen LogP contribution in [-0.4, -0.2) is 47.4 Å². The van der Waals surface area contributed by atoms with Gasteiger partial charge in [0, 0.05) is 31.9 Å². The number of ether oxygens (including phenoxy) is 2. The summed E-state index contributed by atoms with van der Waals surface area (Å²) < 4.78 is 61.9. The molecule has 9 heteroatoms. The van der Waals surface area contributed by atoms with Gasteiger partial charge in [-0.2, -0.15) is 13.2 Å². The van der Waals surface area contributed by atoms with Gasteiger partial charge in [0.2, 0.25) is 0 Å². The van der Waals surface area contributed by atoms with Gasteiger partial charge in [0.1, 0.15) is 23.7 Å². The third kappa shape index (κ3) is 4.90. The van der Waals surface area contributed by atoms with Crippen molar-refractivity contribution in [2.45, 2.75) is 31.3 Å². The number of β-amino-alcohol motifs (C(OH)–C–C–N with tert-alkyl or cyclic N) is 1. The number of alkyl halides is 3. The summed E-state index contributed by atoms with van der Waals surface area (Å²) in [5.74, 6) is 0.128. The Labute approximate surface area is 159 Å². The normalized spacial score (nSPS) is 20.8. The highest BCUT2D eigenvalue weighted by Crippen LogP contribution is 2.31. The second kappa shape index (κ2) is 8.32. The Balaban J connectivity index is 1.58. The van der Waals surface area contributed by atoms with E-state index in [1.54, 1.807) is 0 Å². The largest absolute Gasteiger partial charge is 0.493 e. The molecule has 1 fully saturated rings. The lowest BCUT2D eigenvalue weighted by atomic mass is 10.0. The fraction of sp³-hybridized carbons (Fsp3) is 0.421. The van der Waals surface area contributed by atoms with Crippen molar-refractivity contribution < 1.29 is 32.1 Å². The third-order valence-electron chi connectivity index (χ3n) is 4.53. The molecule has 1 aromatic carbocycles. The van der Waals surface area contributed by atoms with Gasteiger partial charge >= 0.3 is 6.18 Å². The summed E-state index contributed by atoms with van der Waals surface area (Å²) in [5.41, 5.74) is -0.309. The van der Waals surface area contributed by atoms with Crippen molar-refractivity contribution >= 4 is 0 Å². The number of rotatable bonds is 5. The molecule has 0 radical (unpaired) electrons. The molecule has 0 spiro atoms. The average molecular weight is 400 g/mol. The van der Waals surface area contributed by atoms with Crippen LogP contribution < -0.4 is 9.47 Å². The molecule has 28 heavy (non-hydrogen) atoms. The number of piperidine rings is 1. The van der Waals surface area contributed by atoms with E-state index in [4.69, 9.17) is 9.47 Å². The quantitative estimate of drug-likeness (QED) is 0.781. The third-order valence-corrected chi connectivity index (χ3v) is 4.53. The second-order valence-corrected chi connectivity index (χ2v) is 6.59. The lowest BCUT2D eigenvalue weighted by Gasteiger charge is -2.36. The first-order valence-electron chi connectivity index (χ1n) is 8.69. The fourth-order valence-corrected chi connectivity index (χ4v) is 3.10. The Kier molecular flexibility index (Phi) is 6.04. The van der Waals surface area contributed by atoms with Gasteiger partial charge in [-0.25, -0.2) is 4.39 Å². The molecule has 152 valence electrons. The van der Waals surface area contributed by atoms with Crippen LogP contribution in [0, 0.1) is 5.82 Å². The van der Waals surface area contributed by atoms with Gasteiger partial charge in [-0.3, -0.25) is 9.88 Å². The monoisotopic (exact) mass is 400 g/mol. The van der Waals surface area contributed by atoms with Crippen molar-refractivity contribution in [2.75, 3.05) is 20.2 Å². The number of pyridine rings is 1. The maximum Gasteiger partial charge on any atom is 0.433 e. The first kappa shape index (κ1) is 20.3. The number of halogens is 4. The molecule has 1 N–H and O–H groups in total. The minimum absolute atomic E-state index is 0.241. The molecule has 1 aliphatic rings. The Hall–Kier alpha value is -2.39. The van der Waals surface area contributed by atoms with Crippen LogP contribution in [-0.2, 0) is 12.7 Å². The number of aliphatic hydroxyl groups is 1. The highest BCUT2D eigenvalue weighted by molar-refractivity contribution is 5.40. The van der Waals surface area contributed by atoms with Gasteiger partial charge in [-0.15, -0.1) is 0 Å². The fourth-order valence-electron chi connectivity index (χ4n) is 3.10. The number of aromatic nitrogens is 1. The van der Waals surface area contributed by atoms with Gasteiger partial charge < -0.3 is 14.6 Å². The van der Waals surface area contributed by atoms with Crippen molar-refractivity contribution in [1.82, 2.24) is 9.88 Å². The van der Waals surface area contributed by atoms with E-state index in [2.05, 4.69) is 4.98 Å². The van der Waals surface area contributed by atoms with Gasteiger partial charge in [0.05, 0.1) is 7.11 Å². The Morgan fingerprint density at radius 3 is 2.61 bits per heavy atom. The van der Waals surface area contributed by atoms with Crippen LogP contribution in [0.1, 0.15) is 17.7 Å². The molecule has 1 saturated heterocycles. The molecule has 0 aliphatic carbocycles. The zero-order valence-corrected chi connectivity index (χ0v) is 15.1. The zero-order valence-electron chi connectivity index (χ0n) is 15.1. The zero-order chi connectivity index (χ0) is 20.3. The molecule has 2 heterocycles. The van der Waals surface area contributed by atoms with E-state index >= 15 is 0 Å². The van der Waals surface area contributed by atoms with E-state index in [-0.39, 0.29) is 12.3 Å². The van der Waals surface area contributed by atoms with Crippen LogP contribution in [0.4, 0.5) is 17.6 Å². The number of nitrogens with zero attached hydrogens (tertiary/aromatic N) is 2. The van der Waals surface area contributed by atoms with E-state index in [1.807, 2.05) is 4.90 Å². The smallest absolute Gasteiger partial charge is 0.433 e. The van der Waals surface area contributed by atoms with E-state index in [1.165, 1.54) is 37.6 Å². The topological polar surface area (TPSA) is 54.8 Å². The number of benzene rings is 1. The molecular weight excluding hydrogens is 380 g/mol. The predicted octanol–water partition coefficient (Wildman–Crippen LogP) is 3.26. The van der Waals surface area contributed by atoms with Crippen molar-refractivity contribution in [1.29, 1.82) is 0 Å². The minimum Gasteiger partial charge on any atom is -0.493 e. The highest BCUT2D eigenvalue weighted by atomic mass is 19.4. The lowest BCUT2D eigenvalue weighted by molar-refractivity contribution is -0.141. The van der Waals surface area contributed by atoms with E-state index < -0.39 is 29.9 Å². The summed E-state index contributed by atoms with van der Waals surface area (Å²) in [6.07, 6.45) is -4.09. The second-order valence-electron chi connectivity index (χ2n) is 6.59. The molecule has 0 bridgehead atoms. The van der Waals surface area contributed by atoms with Gasteiger partial charge in [-0.05, 0) is 30.2 Å². The molecule has 2 atom stereocenters. The molecule has 1 aliphatic heterocycles. The summed E-state index contributed by atoms with van der Waals surface area (Å²) in [4.78, 5) is 5.36. The van der Waals surface area contributed by atoms with Crippen LogP contribution in [0.2, 0.25) is 0 Å². The number of methoxy groups -OCH3 is 1. The first-order chi connectivity index (χ1) is 13.3. The van der Waals surface area contributed by atoms with Crippen LogP contribution in [0.3, 0.4) is 0 Å². The lowest BCUT2D eigenvalue weighted by Crippen LogP contribution is -2.48. The Morgan fingerprint density at radius 1 is 1.21 bits per heavy atom. The predicted molar refractivity (Wildman–Crippen MR) is 92.5 cm³/mol. The van der Waals surface area contributed by atoms with E-state index in [9.17, 15) is 22.7 Å². The van der Waals surface area contributed by atoms with E-state index in [0.717, 1.165) is 6.07 Å². The Morgan fingerprint density at radius 2 is 2.00 bits per heavy atom. The van der Waals surface area contributed by atoms with Crippen LogP contribution >= 0.6 is 0 Å². The average Bonchev–Trinajstić information content (AvgIpc) is 2.65. The molecule has 1 aromatic heterocycles. The van der Waals surface area contributed by atoms with Crippen molar-refractivity contribution in [2.24, 2.45) is 0 Å². The summed E-state index contributed by atoms with van der Waals surface area (Å²) in [5, 5.41) is 10.4. The minimum atomic E-state index is -4.47. The molecule has 5 nitrogen and oxygen atoms in total. The van der Waals surface area contributed by atoms with Gasteiger partial charge in [-0.1, -0.05) is 6.07 Å². The molecule has 2 aromatic rings. The summed E-state index contributed by atoms with van der Waals surface area (Å²) in [7, 11) is 1.40. The Bertz CT molecular complexity index is 799.